The summed E-state index contributed by atoms with van der Waals surface area (Å²) in [5.41, 5.74) is 1.51. The van der Waals surface area contributed by atoms with E-state index in [9.17, 15) is 4.79 Å². The van der Waals surface area contributed by atoms with Crippen LogP contribution < -0.4 is 14.8 Å². The van der Waals surface area contributed by atoms with Crippen molar-refractivity contribution in [2.24, 2.45) is 0 Å². The number of methoxy groups -OCH3 is 1. The lowest BCUT2D eigenvalue weighted by atomic mass is 10.2. The van der Waals surface area contributed by atoms with Crippen molar-refractivity contribution < 1.29 is 14.3 Å². The van der Waals surface area contributed by atoms with Gasteiger partial charge < -0.3 is 14.8 Å². The molecule has 2 aromatic rings. The SMILES string of the molecule is C=CCOc1cccc(NC(=O)/C=C/c2ccccc2OC)c1. The van der Waals surface area contributed by atoms with Crippen LogP contribution in [0.15, 0.2) is 67.3 Å². The van der Waals surface area contributed by atoms with Gasteiger partial charge in [0.05, 0.1) is 7.11 Å². The number of amides is 1. The number of anilines is 1. The van der Waals surface area contributed by atoms with E-state index in [4.69, 9.17) is 9.47 Å². The molecule has 0 spiro atoms. The molecule has 0 fully saturated rings. The van der Waals surface area contributed by atoms with E-state index in [1.165, 1.54) is 6.08 Å². The van der Waals surface area contributed by atoms with Crippen molar-refractivity contribution in [2.75, 3.05) is 19.0 Å². The number of carbonyl (C=O) groups excluding carboxylic acids is 1. The van der Waals surface area contributed by atoms with E-state index in [0.29, 0.717) is 18.0 Å². The minimum atomic E-state index is -0.225. The molecule has 0 atom stereocenters. The van der Waals surface area contributed by atoms with Gasteiger partial charge in [0.2, 0.25) is 5.91 Å². The first kappa shape index (κ1) is 16.4. The van der Waals surface area contributed by atoms with Gasteiger partial charge in [-0.15, -0.1) is 0 Å². The maximum Gasteiger partial charge on any atom is 0.248 e. The molecule has 0 bridgehead atoms. The molecule has 4 heteroatoms. The van der Waals surface area contributed by atoms with Gasteiger partial charge in [-0.3, -0.25) is 4.79 Å². The summed E-state index contributed by atoms with van der Waals surface area (Å²) < 4.78 is 10.7. The minimum absolute atomic E-state index is 0.225. The molecule has 0 unspecified atom stereocenters. The Bertz CT molecular complexity index is 707. The van der Waals surface area contributed by atoms with Gasteiger partial charge in [-0.25, -0.2) is 0 Å². The molecule has 0 heterocycles. The fraction of sp³-hybridized carbons (Fsp3) is 0.105. The van der Waals surface area contributed by atoms with Gasteiger partial charge in [-0.1, -0.05) is 36.9 Å². The molecule has 1 amide bonds. The quantitative estimate of drug-likeness (QED) is 0.623. The van der Waals surface area contributed by atoms with E-state index >= 15 is 0 Å². The summed E-state index contributed by atoms with van der Waals surface area (Å²) in [5.74, 6) is 1.17. The zero-order chi connectivity index (χ0) is 16.5. The average Bonchev–Trinajstić information content (AvgIpc) is 2.58. The van der Waals surface area contributed by atoms with Crippen LogP contribution in [-0.4, -0.2) is 19.6 Å². The highest BCUT2D eigenvalue weighted by Crippen LogP contribution is 2.19. The molecular weight excluding hydrogens is 290 g/mol. The van der Waals surface area contributed by atoms with Crippen molar-refractivity contribution in [1.82, 2.24) is 0 Å². The highest BCUT2D eigenvalue weighted by Gasteiger charge is 2.01. The van der Waals surface area contributed by atoms with E-state index in [1.54, 1.807) is 31.4 Å². The highest BCUT2D eigenvalue weighted by molar-refractivity contribution is 6.02. The molecule has 0 aliphatic rings. The molecule has 1 N–H and O–H groups in total. The standard InChI is InChI=1S/C19H19NO3/c1-3-13-23-17-9-6-8-16(14-17)20-19(21)12-11-15-7-4-5-10-18(15)22-2/h3-12,14H,1,13H2,2H3,(H,20,21)/b12-11+. The number of para-hydroxylation sites is 1. The number of hydrogen-bond donors (Lipinski definition) is 1. The fourth-order valence-electron chi connectivity index (χ4n) is 1.97. The van der Waals surface area contributed by atoms with Crippen LogP contribution in [0.3, 0.4) is 0 Å². The Labute approximate surface area is 136 Å². The van der Waals surface area contributed by atoms with Gasteiger partial charge in [0.15, 0.2) is 0 Å². The Kier molecular flexibility index (Phi) is 6.00. The normalized spacial score (nSPS) is 10.3. The summed E-state index contributed by atoms with van der Waals surface area (Å²) in [6.07, 6.45) is 4.85. The smallest absolute Gasteiger partial charge is 0.248 e. The molecule has 118 valence electrons. The first-order valence-corrected chi connectivity index (χ1v) is 7.19. The van der Waals surface area contributed by atoms with E-state index in [0.717, 1.165) is 11.3 Å². The van der Waals surface area contributed by atoms with Crippen molar-refractivity contribution in [1.29, 1.82) is 0 Å². The number of ether oxygens (including phenoxy) is 2. The molecule has 2 aromatic carbocycles. The van der Waals surface area contributed by atoms with Crippen molar-refractivity contribution in [2.45, 2.75) is 0 Å². The first-order chi connectivity index (χ1) is 11.2. The zero-order valence-corrected chi connectivity index (χ0v) is 13.0. The molecule has 0 aliphatic heterocycles. The zero-order valence-electron chi connectivity index (χ0n) is 13.0. The summed E-state index contributed by atoms with van der Waals surface area (Å²) in [6.45, 7) is 4.02. The minimum Gasteiger partial charge on any atom is -0.496 e. The Morgan fingerprint density at radius 2 is 2.04 bits per heavy atom. The molecule has 0 saturated carbocycles. The van der Waals surface area contributed by atoms with Crippen LogP contribution in [0.25, 0.3) is 6.08 Å². The molecule has 4 nitrogen and oxygen atoms in total. The largest absolute Gasteiger partial charge is 0.496 e. The molecule has 0 aliphatic carbocycles. The highest BCUT2D eigenvalue weighted by atomic mass is 16.5. The number of rotatable bonds is 7. The maximum absolute atomic E-state index is 12.0. The summed E-state index contributed by atoms with van der Waals surface area (Å²) in [4.78, 5) is 12.0. The van der Waals surface area contributed by atoms with Crippen LogP contribution in [0.2, 0.25) is 0 Å². The Morgan fingerprint density at radius 1 is 1.22 bits per heavy atom. The van der Waals surface area contributed by atoms with Crippen molar-refractivity contribution in [3.8, 4) is 11.5 Å². The van der Waals surface area contributed by atoms with E-state index < -0.39 is 0 Å². The van der Waals surface area contributed by atoms with Gasteiger partial charge >= 0.3 is 0 Å². The van der Waals surface area contributed by atoms with Gasteiger partial charge in [-0.05, 0) is 24.3 Å². The number of hydrogen-bond acceptors (Lipinski definition) is 3. The third kappa shape index (κ3) is 5.04. The van der Waals surface area contributed by atoms with Crippen molar-refractivity contribution >= 4 is 17.7 Å². The van der Waals surface area contributed by atoms with Crippen LogP contribution in [0.4, 0.5) is 5.69 Å². The van der Waals surface area contributed by atoms with Gasteiger partial charge in [0.25, 0.3) is 0 Å². The number of benzene rings is 2. The molecule has 0 radical (unpaired) electrons. The molecular formula is C19H19NO3. The third-order valence-electron chi connectivity index (χ3n) is 3.02. The summed E-state index contributed by atoms with van der Waals surface area (Å²) in [7, 11) is 1.60. The summed E-state index contributed by atoms with van der Waals surface area (Å²) in [5, 5.41) is 2.79. The van der Waals surface area contributed by atoms with Crippen LogP contribution >= 0.6 is 0 Å². The predicted octanol–water partition coefficient (Wildman–Crippen LogP) is 3.91. The van der Waals surface area contributed by atoms with Crippen LogP contribution in [0.1, 0.15) is 5.56 Å². The third-order valence-corrected chi connectivity index (χ3v) is 3.02. The van der Waals surface area contributed by atoms with Gasteiger partial charge in [0.1, 0.15) is 18.1 Å². The van der Waals surface area contributed by atoms with Crippen LogP contribution in [0.5, 0.6) is 11.5 Å². The Balaban J connectivity index is 2.01. The van der Waals surface area contributed by atoms with E-state index in [2.05, 4.69) is 11.9 Å². The lowest BCUT2D eigenvalue weighted by Crippen LogP contribution is -2.07. The number of nitrogens with one attached hydrogen (secondary N) is 1. The second-order valence-corrected chi connectivity index (χ2v) is 4.69. The molecule has 0 saturated heterocycles. The van der Waals surface area contributed by atoms with Crippen LogP contribution in [-0.2, 0) is 4.79 Å². The predicted molar refractivity (Wildman–Crippen MR) is 92.8 cm³/mol. The maximum atomic E-state index is 12.0. The van der Waals surface area contributed by atoms with Crippen molar-refractivity contribution in [3.63, 3.8) is 0 Å². The Hall–Kier alpha value is -3.01. The molecule has 2 rings (SSSR count). The topological polar surface area (TPSA) is 47.6 Å². The lowest BCUT2D eigenvalue weighted by molar-refractivity contribution is -0.111. The molecule has 23 heavy (non-hydrogen) atoms. The fourth-order valence-corrected chi connectivity index (χ4v) is 1.97. The second kappa shape index (κ2) is 8.44. The van der Waals surface area contributed by atoms with E-state index in [1.807, 2.05) is 36.4 Å². The summed E-state index contributed by atoms with van der Waals surface area (Å²) >= 11 is 0. The monoisotopic (exact) mass is 309 g/mol. The molecule has 0 aromatic heterocycles. The van der Waals surface area contributed by atoms with Crippen LogP contribution in [0, 0.1) is 0 Å². The van der Waals surface area contributed by atoms with Gasteiger partial charge in [-0.2, -0.15) is 0 Å². The van der Waals surface area contributed by atoms with Crippen molar-refractivity contribution in [3.05, 3.63) is 72.8 Å². The van der Waals surface area contributed by atoms with Gasteiger partial charge in [0, 0.05) is 23.4 Å². The average molecular weight is 309 g/mol. The summed E-state index contributed by atoms with van der Waals surface area (Å²) in [6, 6.07) is 14.7. The Morgan fingerprint density at radius 3 is 2.83 bits per heavy atom. The lowest BCUT2D eigenvalue weighted by Gasteiger charge is -2.07. The van der Waals surface area contributed by atoms with E-state index in [-0.39, 0.29) is 5.91 Å². The number of carbonyl (C=O) groups is 1. The second-order valence-electron chi connectivity index (χ2n) is 4.69. The first-order valence-electron chi connectivity index (χ1n) is 7.19.